The molecule has 12 nitrogen and oxygen atoms in total. The first-order valence-corrected chi connectivity index (χ1v) is 11.7. The van der Waals surface area contributed by atoms with Crippen LogP contribution in [0.25, 0.3) is 0 Å². The number of nitrogens with two attached hydrogens (primary N) is 1. The van der Waals surface area contributed by atoms with Gasteiger partial charge < -0.3 is 14.7 Å². The normalized spacial score (nSPS) is 29.7. The molecule has 4 rings (SSSR count). The summed E-state index contributed by atoms with van der Waals surface area (Å²) in [6.45, 7) is -0.365. The van der Waals surface area contributed by atoms with Crippen LogP contribution in [-0.2, 0) is 13.8 Å². The van der Waals surface area contributed by atoms with E-state index >= 15 is 0 Å². The number of Topliss-reactive ketones (excluding diaryl/α,β-unsaturated/α-hetero) is 1. The molecule has 14 heteroatoms. The summed E-state index contributed by atoms with van der Waals surface area (Å²) in [7, 11) is -4.18. The number of halogens is 1. The topological polar surface area (TPSA) is 172 Å². The number of amidine groups is 1. The number of ether oxygens (including phenoxy) is 1. The first-order valence-electron chi connectivity index (χ1n) is 9.61. The minimum atomic E-state index is -4.18. The number of hydrogen-bond donors (Lipinski definition) is 4. The molecule has 4 atom stereocenters. The number of rotatable bonds is 8. The molecule has 172 valence electrons. The third-order valence-corrected chi connectivity index (χ3v) is 6.52. The first-order chi connectivity index (χ1) is 15.3. The number of carbonyl (C=O) groups excluding carboxylic acids is 1. The van der Waals surface area contributed by atoms with E-state index in [1.54, 1.807) is 35.2 Å². The lowest BCUT2D eigenvalue weighted by Crippen LogP contribution is -2.59. The van der Waals surface area contributed by atoms with Crippen LogP contribution < -0.4 is 5.73 Å². The zero-order valence-electron chi connectivity index (χ0n) is 16.7. The monoisotopic (exact) mass is 486 g/mol. The number of ketones is 1. The SMILES string of the molecule is NC1(C(=O)c2ccccc2)N=CN=C2C1=NCN2[C@H]1C[C@H](O[P+](O)(O)OCCl)[C@@H](CO)O1. The molecule has 1 unspecified atom stereocenters. The second-order valence-corrected chi connectivity index (χ2v) is 8.87. The standard InChI is InChI=1S/C18H22ClN5O7P/c19-8-29-32(27,28)31-12-6-14(30-13(12)7-25)24-10-22-15-17(24)21-9-23-18(15,20)16(26)11-4-2-1-3-5-11/h1-5,9,12-14,25,27-28H,6-8,10,20H2/q+1/t12-,13+,14+,18?/m0/s1. The summed E-state index contributed by atoms with van der Waals surface area (Å²) in [4.78, 5) is 47.2. The van der Waals surface area contributed by atoms with Crippen molar-refractivity contribution in [3.8, 4) is 0 Å². The molecule has 5 N–H and O–H groups in total. The van der Waals surface area contributed by atoms with Crippen molar-refractivity contribution in [3.05, 3.63) is 35.9 Å². The zero-order chi connectivity index (χ0) is 22.9. The maximum Gasteiger partial charge on any atom is 0.571 e. The fraction of sp³-hybridized carbons (Fsp3) is 0.444. The second kappa shape index (κ2) is 9.18. The van der Waals surface area contributed by atoms with Crippen LogP contribution in [-0.4, -0.2) is 86.9 Å². The highest BCUT2D eigenvalue weighted by Gasteiger charge is 2.53. The molecule has 3 aliphatic rings. The number of hydrogen-bond acceptors (Lipinski definition) is 12. The van der Waals surface area contributed by atoms with E-state index in [-0.39, 0.29) is 18.8 Å². The molecule has 3 heterocycles. The van der Waals surface area contributed by atoms with Crippen LogP contribution in [0.2, 0.25) is 0 Å². The van der Waals surface area contributed by atoms with E-state index in [2.05, 4.69) is 19.5 Å². The van der Waals surface area contributed by atoms with Gasteiger partial charge in [-0.1, -0.05) is 41.9 Å². The maximum atomic E-state index is 13.1. The molecule has 0 aromatic heterocycles. The zero-order valence-corrected chi connectivity index (χ0v) is 18.3. The van der Waals surface area contributed by atoms with Crippen molar-refractivity contribution >= 4 is 43.4 Å². The van der Waals surface area contributed by atoms with Gasteiger partial charge in [0.25, 0.3) is 0 Å². The molecule has 1 saturated heterocycles. The molecule has 0 bridgehead atoms. The lowest BCUT2D eigenvalue weighted by molar-refractivity contribution is -0.0577. The van der Waals surface area contributed by atoms with Crippen LogP contribution >= 0.6 is 19.8 Å². The summed E-state index contributed by atoms with van der Waals surface area (Å²) in [6, 6.07) is 8.03. The molecular weight excluding hydrogens is 465 g/mol. The summed E-state index contributed by atoms with van der Waals surface area (Å²) in [6.07, 6.45) is -1.13. The molecule has 1 aromatic carbocycles. The minimum absolute atomic E-state index is 0.0742. The summed E-state index contributed by atoms with van der Waals surface area (Å²) in [5, 5.41) is 9.65. The van der Waals surface area contributed by atoms with Crippen LogP contribution in [0.5, 0.6) is 0 Å². The number of aliphatic imine (C=N–C) groups is 3. The Bertz CT molecular complexity index is 962. The Balaban J connectivity index is 1.52. The van der Waals surface area contributed by atoms with Gasteiger partial charge in [-0.25, -0.2) is 9.98 Å². The summed E-state index contributed by atoms with van der Waals surface area (Å²) in [5.41, 5.74) is 5.22. The highest BCUT2D eigenvalue weighted by molar-refractivity contribution is 7.54. The molecule has 32 heavy (non-hydrogen) atoms. The van der Waals surface area contributed by atoms with Gasteiger partial charge in [0, 0.05) is 12.0 Å². The van der Waals surface area contributed by atoms with Gasteiger partial charge in [0.2, 0.25) is 11.4 Å². The van der Waals surface area contributed by atoms with Crippen LogP contribution in [0.1, 0.15) is 16.8 Å². The van der Waals surface area contributed by atoms with Crippen molar-refractivity contribution in [2.24, 2.45) is 20.7 Å². The Morgan fingerprint density at radius 3 is 2.81 bits per heavy atom. The summed E-state index contributed by atoms with van der Waals surface area (Å²) in [5.74, 6) is -0.127. The molecule has 1 aromatic rings. The average molecular weight is 487 g/mol. The minimum Gasteiger partial charge on any atom is -0.394 e. The molecule has 0 spiro atoms. The predicted molar refractivity (Wildman–Crippen MR) is 116 cm³/mol. The third kappa shape index (κ3) is 4.34. The van der Waals surface area contributed by atoms with Crippen LogP contribution in [0.15, 0.2) is 45.3 Å². The van der Waals surface area contributed by atoms with E-state index in [4.69, 9.17) is 26.6 Å². The van der Waals surface area contributed by atoms with Gasteiger partial charge in [0.1, 0.15) is 37.2 Å². The quantitative estimate of drug-likeness (QED) is 0.225. The molecule has 1 fully saturated rings. The van der Waals surface area contributed by atoms with Crippen molar-refractivity contribution in [2.45, 2.75) is 30.5 Å². The van der Waals surface area contributed by atoms with Crippen molar-refractivity contribution < 1.29 is 33.5 Å². The molecule has 0 saturated carbocycles. The van der Waals surface area contributed by atoms with Crippen molar-refractivity contribution in [2.75, 3.05) is 19.3 Å². The van der Waals surface area contributed by atoms with Gasteiger partial charge in [-0.15, -0.1) is 9.05 Å². The van der Waals surface area contributed by atoms with Crippen molar-refractivity contribution in [1.29, 1.82) is 0 Å². The molecule has 0 amide bonds. The molecule has 0 radical (unpaired) electrons. The number of alkyl halides is 1. The highest BCUT2D eigenvalue weighted by Crippen LogP contribution is 2.55. The fourth-order valence-electron chi connectivity index (χ4n) is 3.72. The first kappa shape index (κ1) is 23.3. The predicted octanol–water partition coefficient (Wildman–Crippen LogP) is 0.0464. The smallest absolute Gasteiger partial charge is 0.394 e. The Morgan fingerprint density at radius 2 is 2.12 bits per heavy atom. The average Bonchev–Trinajstić information content (AvgIpc) is 3.38. The van der Waals surface area contributed by atoms with E-state index in [0.29, 0.717) is 11.4 Å². The molecular formula is C18H22ClN5O7P+. The van der Waals surface area contributed by atoms with E-state index in [1.807, 2.05) is 0 Å². The summed E-state index contributed by atoms with van der Waals surface area (Å²) < 4.78 is 15.7. The maximum absolute atomic E-state index is 13.1. The molecule has 3 aliphatic heterocycles. The van der Waals surface area contributed by atoms with Crippen LogP contribution in [0.4, 0.5) is 0 Å². The number of aliphatic hydroxyl groups excluding tert-OH is 1. The van der Waals surface area contributed by atoms with Gasteiger partial charge in [-0.05, 0) is 0 Å². The van der Waals surface area contributed by atoms with E-state index in [0.717, 1.165) is 0 Å². The number of aliphatic hydroxyl groups is 1. The van der Waals surface area contributed by atoms with Gasteiger partial charge in [0.15, 0.2) is 11.9 Å². The van der Waals surface area contributed by atoms with Crippen molar-refractivity contribution in [1.82, 2.24) is 4.90 Å². The van der Waals surface area contributed by atoms with Crippen LogP contribution in [0.3, 0.4) is 0 Å². The second-order valence-electron chi connectivity index (χ2n) is 7.20. The summed E-state index contributed by atoms with van der Waals surface area (Å²) >= 11 is 5.38. The Labute approximate surface area is 188 Å². The van der Waals surface area contributed by atoms with E-state index in [9.17, 15) is 19.7 Å². The lowest BCUT2D eigenvalue weighted by atomic mass is 9.93. The Hall–Kier alpha value is -1.86. The molecule has 0 aliphatic carbocycles. The number of fused-ring (bicyclic) bond motifs is 1. The number of benzene rings is 1. The highest BCUT2D eigenvalue weighted by atomic mass is 35.5. The number of nitrogens with zero attached hydrogens (tertiary/aromatic N) is 4. The lowest BCUT2D eigenvalue weighted by Gasteiger charge is -2.30. The van der Waals surface area contributed by atoms with Gasteiger partial charge in [0.05, 0.1) is 6.61 Å². The van der Waals surface area contributed by atoms with E-state index < -0.39 is 50.7 Å². The van der Waals surface area contributed by atoms with Crippen molar-refractivity contribution in [3.63, 3.8) is 0 Å². The Morgan fingerprint density at radius 1 is 1.38 bits per heavy atom. The van der Waals surface area contributed by atoms with Gasteiger partial charge >= 0.3 is 8.17 Å². The van der Waals surface area contributed by atoms with Crippen LogP contribution in [0, 0.1) is 0 Å². The van der Waals surface area contributed by atoms with Gasteiger partial charge in [-0.3, -0.25) is 15.5 Å². The van der Waals surface area contributed by atoms with Gasteiger partial charge in [-0.2, -0.15) is 9.79 Å². The number of carbonyl (C=O) groups is 1. The largest absolute Gasteiger partial charge is 0.571 e. The fourth-order valence-corrected chi connectivity index (χ4v) is 4.87. The Kier molecular flexibility index (Phi) is 6.68. The van der Waals surface area contributed by atoms with E-state index in [1.165, 1.54) is 6.34 Å². The third-order valence-electron chi connectivity index (χ3n) is 5.25.